The highest BCUT2D eigenvalue weighted by Gasteiger charge is 2.04. The van der Waals surface area contributed by atoms with Gasteiger partial charge in [-0.1, -0.05) is 12.1 Å². The van der Waals surface area contributed by atoms with Crippen LogP contribution in [0.4, 0.5) is 4.39 Å². The van der Waals surface area contributed by atoms with Crippen molar-refractivity contribution in [1.29, 1.82) is 0 Å². The van der Waals surface area contributed by atoms with Crippen LogP contribution in [0.3, 0.4) is 0 Å². The standard InChI is InChI=1S/C13H13FN2O/c14-12-3-1-2-10(6-12)7-13(17)16-9-11-4-5-15-8-11/h1-6,8,15H,7,9H2,(H,16,17). The van der Waals surface area contributed by atoms with E-state index >= 15 is 0 Å². The molecule has 3 nitrogen and oxygen atoms in total. The number of halogens is 1. The summed E-state index contributed by atoms with van der Waals surface area (Å²) in [7, 11) is 0. The minimum atomic E-state index is -0.319. The van der Waals surface area contributed by atoms with Crippen molar-refractivity contribution in [3.8, 4) is 0 Å². The second-order valence-corrected chi connectivity index (χ2v) is 3.80. The Kier molecular flexibility index (Phi) is 3.55. The monoisotopic (exact) mass is 232 g/mol. The van der Waals surface area contributed by atoms with E-state index in [1.54, 1.807) is 18.3 Å². The van der Waals surface area contributed by atoms with E-state index in [2.05, 4.69) is 10.3 Å². The number of aromatic nitrogens is 1. The zero-order chi connectivity index (χ0) is 12.1. The van der Waals surface area contributed by atoms with Gasteiger partial charge in [-0.25, -0.2) is 4.39 Å². The number of carbonyl (C=O) groups is 1. The Morgan fingerprint density at radius 1 is 1.29 bits per heavy atom. The molecule has 2 aromatic rings. The number of H-pyrrole nitrogens is 1. The molecule has 0 saturated carbocycles. The smallest absolute Gasteiger partial charge is 0.224 e. The summed E-state index contributed by atoms with van der Waals surface area (Å²) in [6.07, 6.45) is 3.82. The number of benzene rings is 1. The van der Waals surface area contributed by atoms with Crippen LogP contribution >= 0.6 is 0 Å². The number of hydrogen-bond acceptors (Lipinski definition) is 1. The molecule has 17 heavy (non-hydrogen) atoms. The lowest BCUT2D eigenvalue weighted by atomic mass is 10.1. The summed E-state index contributed by atoms with van der Waals surface area (Å²) in [5, 5.41) is 2.77. The maximum Gasteiger partial charge on any atom is 0.224 e. The van der Waals surface area contributed by atoms with E-state index in [1.165, 1.54) is 12.1 Å². The largest absolute Gasteiger partial charge is 0.367 e. The van der Waals surface area contributed by atoms with E-state index in [9.17, 15) is 9.18 Å². The third-order valence-corrected chi connectivity index (χ3v) is 2.41. The van der Waals surface area contributed by atoms with Gasteiger partial charge in [-0.3, -0.25) is 4.79 Å². The molecule has 0 atom stereocenters. The third-order valence-electron chi connectivity index (χ3n) is 2.41. The molecule has 0 aliphatic rings. The normalized spacial score (nSPS) is 10.2. The van der Waals surface area contributed by atoms with Gasteiger partial charge in [0, 0.05) is 18.9 Å². The van der Waals surface area contributed by atoms with Gasteiger partial charge in [-0.2, -0.15) is 0 Å². The summed E-state index contributed by atoms with van der Waals surface area (Å²) in [4.78, 5) is 14.5. The summed E-state index contributed by atoms with van der Waals surface area (Å²) in [6.45, 7) is 0.484. The summed E-state index contributed by atoms with van der Waals surface area (Å²) < 4.78 is 12.9. The maximum atomic E-state index is 12.9. The van der Waals surface area contributed by atoms with Gasteiger partial charge in [0.1, 0.15) is 5.82 Å². The lowest BCUT2D eigenvalue weighted by molar-refractivity contribution is -0.120. The minimum Gasteiger partial charge on any atom is -0.367 e. The van der Waals surface area contributed by atoms with Gasteiger partial charge in [0.15, 0.2) is 0 Å². The van der Waals surface area contributed by atoms with Gasteiger partial charge in [0.05, 0.1) is 6.42 Å². The molecule has 4 heteroatoms. The Balaban J connectivity index is 1.85. The molecule has 1 aromatic carbocycles. The second-order valence-electron chi connectivity index (χ2n) is 3.80. The van der Waals surface area contributed by atoms with E-state index < -0.39 is 0 Å². The number of nitrogens with one attached hydrogen (secondary N) is 2. The van der Waals surface area contributed by atoms with Crippen LogP contribution < -0.4 is 5.32 Å². The highest BCUT2D eigenvalue weighted by Crippen LogP contribution is 2.04. The summed E-state index contributed by atoms with van der Waals surface area (Å²) in [6, 6.07) is 7.96. The van der Waals surface area contributed by atoms with Crippen LogP contribution in [-0.2, 0) is 17.8 Å². The molecule has 1 heterocycles. The molecule has 0 aliphatic heterocycles. The quantitative estimate of drug-likeness (QED) is 0.832. The van der Waals surface area contributed by atoms with Gasteiger partial charge < -0.3 is 10.3 Å². The molecule has 0 saturated heterocycles. The maximum absolute atomic E-state index is 12.9. The number of rotatable bonds is 4. The van der Waals surface area contributed by atoms with Crippen LogP contribution in [0, 0.1) is 5.82 Å². The number of hydrogen-bond donors (Lipinski definition) is 2. The molecule has 0 spiro atoms. The summed E-state index contributed by atoms with van der Waals surface area (Å²) in [5.74, 6) is -0.433. The van der Waals surface area contributed by atoms with Crippen molar-refractivity contribution in [3.05, 3.63) is 59.7 Å². The predicted octanol–water partition coefficient (Wildman–Crippen LogP) is 2.01. The molecular formula is C13H13FN2O. The van der Waals surface area contributed by atoms with Gasteiger partial charge >= 0.3 is 0 Å². The molecular weight excluding hydrogens is 219 g/mol. The Morgan fingerprint density at radius 2 is 2.18 bits per heavy atom. The van der Waals surface area contributed by atoms with E-state index in [0.717, 1.165) is 5.56 Å². The Morgan fingerprint density at radius 3 is 2.88 bits per heavy atom. The third kappa shape index (κ3) is 3.45. The van der Waals surface area contributed by atoms with Crippen LogP contribution in [0.15, 0.2) is 42.7 Å². The van der Waals surface area contributed by atoms with Crippen molar-refractivity contribution in [2.75, 3.05) is 0 Å². The highest BCUT2D eigenvalue weighted by atomic mass is 19.1. The summed E-state index contributed by atoms with van der Waals surface area (Å²) >= 11 is 0. The predicted molar refractivity (Wildman–Crippen MR) is 62.7 cm³/mol. The summed E-state index contributed by atoms with van der Waals surface area (Å²) in [5.41, 5.74) is 1.69. The molecule has 0 fully saturated rings. The molecule has 0 aliphatic carbocycles. The van der Waals surface area contributed by atoms with Gasteiger partial charge in [0.25, 0.3) is 0 Å². The van der Waals surface area contributed by atoms with Gasteiger partial charge in [-0.15, -0.1) is 0 Å². The lowest BCUT2D eigenvalue weighted by Gasteiger charge is -2.04. The zero-order valence-corrected chi connectivity index (χ0v) is 9.24. The molecule has 1 aromatic heterocycles. The first kappa shape index (κ1) is 11.4. The first-order valence-electron chi connectivity index (χ1n) is 5.37. The van der Waals surface area contributed by atoms with Crippen molar-refractivity contribution in [2.45, 2.75) is 13.0 Å². The van der Waals surface area contributed by atoms with Crippen LogP contribution in [0.2, 0.25) is 0 Å². The van der Waals surface area contributed by atoms with Crippen molar-refractivity contribution in [2.24, 2.45) is 0 Å². The molecule has 0 bridgehead atoms. The van der Waals surface area contributed by atoms with E-state index in [4.69, 9.17) is 0 Å². The van der Waals surface area contributed by atoms with Crippen LogP contribution in [0.1, 0.15) is 11.1 Å². The van der Waals surface area contributed by atoms with Crippen LogP contribution in [-0.4, -0.2) is 10.9 Å². The lowest BCUT2D eigenvalue weighted by Crippen LogP contribution is -2.24. The van der Waals surface area contributed by atoms with Crippen molar-refractivity contribution >= 4 is 5.91 Å². The minimum absolute atomic E-state index is 0.114. The average Bonchev–Trinajstić information content (AvgIpc) is 2.79. The fourth-order valence-electron chi connectivity index (χ4n) is 1.56. The van der Waals surface area contributed by atoms with Gasteiger partial charge in [-0.05, 0) is 29.3 Å². The first-order chi connectivity index (χ1) is 8.24. The second kappa shape index (κ2) is 5.30. The fourth-order valence-corrected chi connectivity index (χ4v) is 1.56. The molecule has 0 unspecified atom stereocenters. The van der Waals surface area contributed by atoms with E-state index in [-0.39, 0.29) is 18.1 Å². The van der Waals surface area contributed by atoms with Crippen LogP contribution in [0.5, 0.6) is 0 Å². The molecule has 0 radical (unpaired) electrons. The van der Waals surface area contributed by atoms with E-state index in [1.807, 2.05) is 12.3 Å². The SMILES string of the molecule is O=C(Cc1cccc(F)c1)NCc1cc[nH]c1. The average molecular weight is 232 g/mol. The Labute approximate surface area is 98.7 Å². The molecule has 1 amide bonds. The molecule has 2 rings (SSSR count). The van der Waals surface area contributed by atoms with Crippen molar-refractivity contribution < 1.29 is 9.18 Å². The highest BCUT2D eigenvalue weighted by molar-refractivity contribution is 5.78. The number of carbonyl (C=O) groups excluding carboxylic acids is 1. The van der Waals surface area contributed by atoms with Crippen molar-refractivity contribution in [3.63, 3.8) is 0 Å². The first-order valence-corrected chi connectivity index (χ1v) is 5.37. The van der Waals surface area contributed by atoms with E-state index in [0.29, 0.717) is 12.1 Å². The Bertz CT molecular complexity index is 494. The van der Waals surface area contributed by atoms with Crippen molar-refractivity contribution in [1.82, 2.24) is 10.3 Å². The fraction of sp³-hybridized carbons (Fsp3) is 0.154. The zero-order valence-electron chi connectivity index (χ0n) is 9.24. The number of aromatic amines is 1. The molecule has 2 N–H and O–H groups in total. The Hall–Kier alpha value is -2.10. The van der Waals surface area contributed by atoms with Crippen LogP contribution in [0.25, 0.3) is 0 Å². The topological polar surface area (TPSA) is 44.9 Å². The molecule has 88 valence electrons. The van der Waals surface area contributed by atoms with Gasteiger partial charge in [0.2, 0.25) is 5.91 Å². The number of amides is 1.